The average Bonchev–Trinajstić information content (AvgIpc) is 2.69. The van der Waals surface area contributed by atoms with Gasteiger partial charge in [0.25, 0.3) is 5.67 Å². The van der Waals surface area contributed by atoms with Crippen molar-refractivity contribution in [3.63, 3.8) is 0 Å². The van der Waals surface area contributed by atoms with E-state index in [2.05, 4.69) is 17.4 Å². The molecule has 0 aliphatic heterocycles. The molecule has 35 heavy (non-hydrogen) atoms. The first-order valence-corrected chi connectivity index (χ1v) is 12.3. The fourth-order valence-corrected chi connectivity index (χ4v) is 5.55. The summed E-state index contributed by atoms with van der Waals surface area (Å²) in [5, 5.41) is -3.04. The zero-order chi connectivity index (χ0) is 28.1. The number of carbonyl (C=O) groups is 2. The molecule has 1 rings (SSSR count). The van der Waals surface area contributed by atoms with Crippen LogP contribution in [-0.2, 0) is 19.1 Å². The lowest BCUT2D eigenvalue weighted by molar-refractivity contribution is -0.357. The number of ether oxygens (including phenoxy) is 2. The fourth-order valence-electron chi connectivity index (χ4n) is 3.71. The van der Waals surface area contributed by atoms with Gasteiger partial charge in [0.15, 0.2) is 17.6 Å². The summed E-state index contributed by atoms with van der Waals surface area (Å²) in [4.78, 5) is 24.4. The molecule has 0 aromatic carbocycles. The first-order chi connectivity index (χ1) is 15.4. The lowest BCUT2D eigenvalue weighted by atomic mass is 9.31. The van der Waals surface area contributed by atoms with E-state index in [4.69, 9.17) is 4.74 Å². The molecule has 4 nitrogen and oxygen atoms in total. The topological polar surface area (TPSA) is 52.6 Å². The number of hydrogen-bond donors (Lipinski definition) is 1. The predicted octanol–water partition coefficient (Wildman–Crippen LogP) is 2.29. The highest BCUT2D eigenvalue weighted by atomic mass is 32.2. The van der Waals surface area contributed by atoms with Crippen LogP contribution in [0, 0.1) is 5.92 Å². The maximum Gasteiger partial charge on any atom is 0.332 e. The Balaban J connectivity index is 2.99. The molecule has 1 saturated carbocycles. The predicted molar refractivity (Wildman–Crippen MR) is 131 cm³/mol. The largest absolute Gasteiger partial charge is 0.463 e. The van der Waals surface area contributed by atoms with Crippen molar-refractivity contribution in [1.29, 1.82) is 0 Å². The molecule has 1 fully saturated rings. The molecule has 4 unspecified atom stereocenters. The number of esters is 2. The minimum Gasteiger partial charge on any atom is -0.463 e. The molecular weight excluding hydrogens is 522 g/mol. The Hall–Kier alpha value is -0.655. The number of carbonyl (C=O) groups excluding carboxylic acids is 2. The van der Waals surface area contributed by atoms with Crippen molar-refractivity contribution in [2.75, 3.05) is 13.2 Å². The SMILES string of the molecule is BC1(B)C(B)(F)C(F)(F)C(F)(COC(=O)CCOC(=O)C(S)(SC(C)C)C(C)C)C(F)(F)C1(C)F. The summed E-state index contributed by atoms with van der Waals surface area (Å²) in [5.41, 5.74) is -13.4. The van der Waals surface area contributed by atoms with Crippen LogP contribution in [0.25, 0.3) is 0 Å². The zero-order valence-corrected chi connectivity index (χ0v) is 22.6. The highest BCUT2D eigenvalue weighted by Crippen LogP contribution is 2.69. The van der Waals surface area contributed by atoms with Crippen LogP contribution in [0.3, 0.4) is 0 Å². The molecular formula is C19H30B3F7O4S2. The monoisotopic (exact) mass is 552 g/mol. The van der Waals surface area contributed by atoms with Gasteiger partial charge in [-0.1, -0.05) is 27.7 Å². The van der Waals surface area contributed by atoms with Crippen molar-refractivity contribution in [3.8, 4) is 0 Å². The summed E-state index contributed by atoms with van der Waals surface area (Å²) in [5.74, 6) is -13.5. The van der Waals surface area contributed by atoms with Gasteiger partial charge in [0.2, 0.25) is 0 Å². The van der Waals surface area contributed by atoms with E-state index in [0.29, 0.717) is 15.7 Å². The molecule has 0 N–H and O–H groups in total. The van der Waals surface area contributed by atoms with Crippen molar-refractivity contribution >= 4 is 59.9 Å². The van der Waals surface area contributed by atoms with E-state index in [-0.39, 0.29) is 25.9 Å². The lowest BCUT2D eigenvalue weighted by Gasteiger charge is -2.61. The number of halogens is 7. The normalized spacial score (nSPS) is 33.2. The lowest BCUT2D eigenvalue weighted by Crippen LogP contribution is -2.83. The Labute approximate surface area is 213 Å². The maximum atomic E-state index is 15.3. The average molecular weight is 552 g/mol. The van der Waals surface area contributed by atoms with E-state index in [0.717, 1.165) is 0 Å². The number of hydrogen-bond acceptors (Lipinski definition) is 6. The van der Waals surface area contributed by atoms with E-state index in [9.17, 15) is 27.2 Å². The van der Waals surface area contributed by atoms with Gasteiger partial charge in [0, 0.05) is 5.25 Å². The van der Waals surface area contributed by atoms with Crippen molar-refractivity contribution in [2.24, 2.45) is 5.92 Å². The summed E-state index contributed by atoms with van der Waals surface area (Å²) in [6.07, 6.45) is -0.807. The Bertz CT molecular complexity index is 798. The van der Waals surface area contributed by atoms with Crippen LogP contribution in [0.4, 0.5) is 30.7 Å². The van der Waals surface area contributed by atoms with E-state index in [1.807, 2.05) is 13.8 Å². The highest BCUT2D eigenvalue weighted by molar-refractivity contribution is 8.13. The quantitative estimate of drug-likeness (QED) is 0.157. The summed E-state index contributed by atoms with van der Waals surface area (Å²) >= 11 is 5.55. The second kappa shape index (κ2) is 9.91. The number of alkyl halides is 7. The molecule has 0 saturated heterocycles. The second-order valence-corrected chi connectivity index (χ2v) is 13.0. The molecule has 0 aromatic heterocycles. The third kappa shape index (κ3) is 4.83. The summed E-state index contributed by atoms with van der Waals surface area (Å²) < 4.78 is 113. The molecule has 1 aliphatic rings. The van der Waals surface area contributed by atoms with Crippen molar-refractivity contribution in [3.05, 3.63) is 0 Å². The maximum absolute atomic E-state index is 15.3. The summed E-state index contributed by atoms with van der Waals surface area (Å²) in [6.45, 7) is 4.22. The highest BCUT2D eigenvalue weighted by Gasteiger charge is 2.90. The van der Waals surface area contributed by atoms with Gasteiger partial charge < -0.3 is 9.47 Å². The molecule has 16 heteroatoms. The molecule has 0 heterocycles. The summed E-state index contributed by atoms with van der Waals surface area (Å²) in [7, 11) is 1.14. The fraction of sp³-hybridized carbons (Fsp3) is 0.895. The van der Waals surface area contributed by atoms with Gasteiger partial charge in [-0.2, -0.15) is 17.6 Å². The van der Waals surface area contributed by atoms with Crippen molar-refractivity contribution < 1.29 is 49.8 Å². The van der Waals surface area contributed by atoms with Gasteiger partial charge in [-0.05, 0) is 18.1 Å². The van der Waals surface area contributed by atoms with Gasteiger partial charge in [-0.15, -0.1) is 24.4 Å². The Kier molecular flexibility index (Phi) is 9.16. The van der Waals surface area contributed by atoms with E-state index in [1.165, 1.54) is 11.8 Å². The van der Waals surface area contributed by atoms with Crippen LogP contribution in [0.2, 0.25) is 5.21 Å². The molecule has 1 aliphatic carbocycles. The number of thiol groups is 1. The van der Waals surface area contributed by atoms with E-state index >= 15 is 13.2 Å². The molecule has 0 amide bonds. The van der Waals surface area contributed by atoms with Gasteiger partial charge in [0.1, 0.15) is 34.5 Å². The van der Waals surface area contributed by atoms with E-state index < -0.39 is 69.6 Å². The second-order valence-electron chi connectivity index (χ2n) is 10.1. The first-order valence-electron chi connectivity index (χ1n) is 10.9. The van der Waals surface area contributed by atoms with Crippen LogP contribution in [0.5, 0.6) is 0 Å². The van der Waals surface area contributed by atoms with Crippen LogP contribution in [-0.4, -0.2) is 86.8 Å². The van der Waals surface area contributed by atoms with Crippen LogP contribution in [0.1, 0.15) is 41.0 Å². The minimum absolute atomic E-state index is 0.0145. The third-order valence-electron chi connectivity index (χ3n) is 6.98. The third-order valence-corrected chi connectivity index (χ3v) is 9.47. The van der Waals surface area contributed by atoms with Crippen molar-refractivity contribution in [2.45, 2.75) is 84.3 Å². The number of rotatable bonds is 9. The van der Waals surface area contributed by atoms with Gasteiger partial charge in [-0.25, -0.2) is 18.0 Å². The van der Waals surface area contributed by atoms with Crippen molar-refractivity contribution in [1.82, 2.24) is 0 Å². The zero-order valence-electron chi connectivity index (χ0n) is 20.9. The van der Waals surface area contributed by atoms with Crippen LogP contribution in [0.15, 0.2) is 0 Å². The summed E-state index contributed by atoms with van der Waals surface area (Å²) in [6, 6.07) is 0. The molecule has 0 aromatic rings. The molecule has 0 spiro atoms. The smallest absolute Gasteiger partial charge is 0.332 e. The standard InChI is InChI=1S/C19H30B3F7O4S2/c1-9(2)15(34,35-10(3)4)12(31)32-7-6-11(30)33-8-14(24)18(26,27)13(5,23)16(20,21)17(22,25)19(14,28)29/h9-10,34H,6-8,20-22H2,1-5H3. The molecule has 200 valence electrons. The Morgan fingerprint density at radius 1 is 0.943 bits per heavy atom. The molecule has 0 bridgehead atoms. The van der Waals surface area contributed by atoms with Gasteiger partial charge in [0.05, 0.1) is 6.42 Å². The van der Waals surface area contributed by atoms with Crippen LogP contribution >= 0.6 is 24.4 Å². The first kappa shape index (κ1) is 32.4. The molecule has 0 radical (unpaired) electrons. The van der Waals surface area contributed by atoms with Gasteiger partial charge in [-0.3, -0.25) is 4.79 Å². The Morgan fingerprint density at radius 3 is 1.86 bits per heavy atom. The minimum atomic E-state index is -5.44. The Morgan fingerprint density at radius 2 is 1.43 bits per heavy atom. The van der Waals surface area contributed by atoms with E-state index in [1.54, 1.807) is 13.8 Å². The number of thioether (sulfide) groups is 1. The van der Waals surface area contributed by atoms with Gasteiger partial charge >= 0.3 is 23.8 Å². The molecule has 4 atom stereocenters. The van der Waals surface area contributed by atoms with Crippen LogP contribution < -0.4 is 0 Å².